The molecule has 6 heteroatoms. The third kappa shape index (κ3) is 2.81. The summed E-state index contributed by atoms with van der Waals surface area (Å²) >= 11 is 1.62. The fourth-order valence-electron chi connectivity index (χ4n) is 0.300. The maximum atomic E-state index is 5.18. The molecule has 0 atom stereocenters. The predicted molar refractivity (Wildman–Crippen MR) is 47.3 cm³/mol. The maximum Gasteiger partial charge on any atom is 0.161 e. The van der Waals surface area contributed by atoms with Crippen LogP contribution in [0, 0.1) is 0 Å². The molecule has 0 radical (unpaired) electrons. The second-order valence-electron chi connectivity index (χ2n) is 1.05. The molecule has 0 saturated carbocycles. The number of rotatable bonds is 3. The van der Waals surface area contributed by atoms with Crippen LogP contribution in [0.1, 0.15) is 0 Å². The van der Waals surface area contributed by atoms with Crippen LogP contribution in [0.15, 0.2) is 15.9 Å². The number of nitrogens with two attached hydrogens (primary N) is 1. The molecule has 0 amide bonds. The molecule has 2 nitrogen and oxygen atoms in total. The number of thiazole rings is 1. The summed E-state index contributed by atoms with van der Waals surface area (Å²) < 4.78 is 1.05. The highest BCUT2D eigenvalue weighted by molar-refractivity contribution is 9.09. The number of hydrogen-bond donors (Lipinski definition) is 1. The van der Waals surface area contributed by atoms with Crippen LogP contribution in [-0.4, -0.2) is 4.98 Å². The van der Waals surface area contributed by atoms with Gasteiger partial charge in [0, 0.05) is 11.6 Å². The predicted octanol–water partition coefficient (Wildman–Crippen LogP) is 2.41. The molecule has 0 bridgehead atoms. The molecule has 2 N–H and O–H groups in total. The molecule has 50 valence electrons. The van der Waals surface area contributed by atoms with Crippen LogP contribution < -0.4 is 5.14 Å². The molecule has 1 heterocycles. The second kappa shape index (κ2) is 4.45. The first kappa shape index (κ1) is 7.74. The Bertz CT molecular complexity index is 151. The van der Waals surface area contributed by atoms with Gasteiger partial charge in [0.05, 0.1) is 0 Å². The lowest BCUT2D eigenvalue weighted by atomic mass is 11.0. The van der Waals surface area contributed by atoms with E-state index in [4.69, 9.17) is 5.14 Å². The van der Waals surface area contributed by atoms with Gasteiger partial charge in [-0.05, 0) is 31.6 Å². The fraction of sp³-hybridized carbons (Fsp3) is 0. The van der Waals surface area contributed by atoms with Crippen LogP contribution in [0.25, 0.3) is 0 Å². The molecule has 0 fully saturated rings. The summed E-state index contributed by atoms with van der Waals surface area (Å²) in [5.74, 6) is 0. The van der Waals surface area contributed by atoms with E-state index in [0.717, 1.165) is 4.34 Å². The molecule has 0 unspecified atom stereocenters. The quantitative estimate of drug-likeness (QED) is 0.593. The lowest BCUT2D eigenvalue weighted by Gasteiger charge is -1.87. The van der Waals surface area contributed by atoms with Gasteiger partial charge in [0.2, 0.25) is 0 Å². The molecule has 0 aliphatic heterocycles. The smallest absolute Gasteiger partial charge is 0.161 e. The molecule has 0 aliphatic rings. The summed E-state index contributed by atoms with van der Waals surface area (Å²) in [6, 6.07) is 0. The average Bonchev–Trinajstić information content (AvgIpc) is 2.34. The van der Waals surface area contributed by atoms with E-state index in [1.807, 2.05) is 5.38 Å². The van der Waals surface area contributed by atoms with Gasteiger partial charge in [-0.2, -0.15) is 0 Å². The minimum Gasteiger partial charge on any atom is -0.268 e. The van der Waals surface area contributed by atoms with Crippen LogP contribution in [-0.2, 0) is 0 Å². The molecule has 9 heavy (non-hydrogen) atoms. The fourth-order valence-corrected chi connectivity index (χ4v) is 3.59. The van der Waals surface area contributed by atoms with E-state index in [1.54, 1.807) is 28.3 Å². The van der Waals surface area contributed by atoms with Crippen molar-refractivity contribution in [1.82, 2.24) is 4.98 Å². The third-order valence-electron chi connectivity index (χ3n) is 0.554. The first-order valence-corrected chi connectivity index (χ1v) is 6.45. The van der Waals surface area contributed by atoms with Gasteiger partial charge in [-0.15, -0.1) is 11.3 Å². The second-order valence-corrected chi connectivity index (χ2v) is 5.79. The zero-order valence-electron chi connectivity index (χ0n) is 4.31. The Labute approximate surface area is 68.9 Å². The van der Waals surface area contributed by atoms with E-state index < -0.39 is 0 Å². The summed E-state index contributed by atoms with van der Waals surface area (Å²) in [4.78, 5) is 4.05. The van der Waals surface area contributed by atoms with E-state index in [1.165, 1.54) is 20.8 Å². The third-order valence-corrected chi connectivity index (χ3v) is 4.60. The zero-order valence-corrected chi connectivity index (χ0v) is 7.58. The summed E-state index contributed by atoms with van der Waals surface area (Å²) in [6.07, 6.45) is 1.79. The van der Waals surface area contributed by atoms with Gasteiger partial charge in [-0.1, -0.05) is 0 Å². The van der Waals surface area contributed by atoms with Gasteiger partial charge < -0.3 is 0 Å². The van der Waals surface area contributed by atoms with E-state index in [2.05, 4.69) is 4.98 Å². The van der Waals surface area contributed by atoms with E-state index in [9.17, 15) is 0 Å². The highest BCUT2D eigenvalue weighted by atomic mass is 33.5. The van der Waals surface area contributed by atoms with Crippen molar-refractivity contribution in [1.29, 1.82) is 0 Å². The zero-order chi connectivity index (χ0) is 6.53. The average molecular weight is 196 g/mol. The van der Waals surface area contributed by atoms with Crippen LogP contribution in [0.3, 0.4) is 0 Å². The highest BCUT2D eigenvalue weighted by Crippen LogP contribution is 2.37. The first-order chi connectivity index (χ1) is 4.43. The molecule has 1 aromatic heterocycles. The summed E-state index contributed by atoms with van der Waals surface area (Å²) in [7, 11) is 4.36. The number of nitrogens with zero attached hydrogens (tertiary/aromatic N) is 1. The Morgan fingerprint density at radius 2 is 2.56 bits per heavy atom. The first-order valence-electron chi connectivity index (χ1n) is 2.03. The Hall–Kier alpha value is 0.640. The van der Waals surface area contributed by atoms with E-state index in [-0.39, 0.29) is 0 Å². The number of hydrogen-bond acceptors (Lipinski definition) is 6. The van der Waals surface area contributed by atoms with Crippen LogP contribution in [0.2, 0.25) is 0 Å². The largest absolute Gasteiger partial charge is 0.268 e. The van der Waals surface area contributed by atoms with Crippen LogP contribution in [0.4, 0.5) is 0 Å². The van der Waals surface area contributed by atoms with Gasteiger partial charge in [-0.25, -0.2) is 4.98 Å². The molecule has 1 aromatic rings. The summed E-state index contributed by atoms with van der Waals surface area (Å²) in [5.41, 5.74) is 0. The van der Waals surface area contributed by atoms with Crippen molar-refractivity contribution in [2.45, 2.75) is 4.34 Å². The molecule has 0 spiro atoms. The van der Waals surface area contributed by atoms with Crippen molar-refractivity contribution in [2.24, 2.45) is 5.14 Å². The highest BCUT2D eigenvalue weighted by Gasteiger charge is 1.93. The van der Waals surface area contributed by atoms with Crippen molar-refractivity contribution in [3.05, 3.63) is 11.6 Å². The van der Waals surface area contributed by atoms with Gasteiger partial charge in [0.1, 0.15) is 0 Å². The Balaban J connectivity index is 2.30. The molecule has 0 saturated heterocycles. The SMILES string of the molecule is NSSSc1nccs1. The molecule has 0 aliphatic carbocycles. The minimum absolute atomic E-state index is 1.05. The van der Waals surface area contributed by atoms with Crippen molar-refractivity contribution >= 4 is 42.9 Å². The summed E-state index contributed by atoms with van der Waals surface area (Å²) in [6.45, 7) is 0. The lowest BCUT2D eigenvalue weighted by Crippen LogP contribution is -1.65. The van der Waals surface area contributed by atoms with E-state index in [0.29, 0.717) is 0 Å². The number of aromatic nitrogens is 1. The molecule has 0 aromatic carbocycles. The van der Waals surface area contributed by atoms with Crippen molar-refractivity contribution in [3.8, 4) is 0 Å². The van der Waals surface area contributed by atoms with Gasteiger partial charge in [-0.3, -0.25) is 5.14 Å². The molecular formula is C3H4N2S4. The van der Waals surface area contributed by atoms with Crippen molar-refractivity contribution in [2.75, 3.05) is 0 Å². The van der Waals surface area contributed by atoms with Gasteiger partial charge in [0.15, 0.2) is 4.34 Å². The van der Waals surface area contributed by atoms with Crippen molar-refractivity contribution in [3.63, 3.8) is 0 Å². The molecule has 1 rings (SSSR count). The Kier molecular flexibility index (Phi) is 3.83. The van der Waals surface area contributed by atoms with Crippen LogP contribution >= 0.6 is 42.9 Å². The Morgan fingerprint density at radius 1 is 1.67 bits per heavy atom. The summed E-state index contributed by atoms with van der Waals surface area (Å²) in [5, 5.41) is 7.13. The molecular weight excluding hydrogens is 192 g/mol. The minimum atomic E-state index is 1.05. The van der Waals surface area contributed by atoms with Gasteiger partial charge >= 0.3 is 0 Å². The standard InChI is InChI=1S/C3H4N2S4/c4-8-9-7-3-5-1-2-6-3/h1-2H,4H2. The van der Waals surface area contributed by atoms with E-state index >= 15 is 0 Å². The normalized spacial score (nSPS) is 9.89. The van der Waals surface area contributed by atoms with Gasteiger partial charge in [0.25, 0.3) is 0 Å². The lowest BCUT2D eigenvalue weighted by molar-refractivity contribution is 1.26. The van der Waals surface area contributed by atoms with Crippen molar-refractivity contribution < 1.29 is 0 Å². The maximum absolute atomic E-state index is 5.18. The topological polar surface area (TPSA) is 38.9 Å². The van der Waals surface area contributed by atoms with Crippen LogP contribution in [0.5, 0.6) is 0 Å². The monoisotopic (exact) mass is 196 g/mol. The Morgan fingerprint density at radius 3 is 3.11 bits per heavy atom.